The Balaban J connectivity index is 1.19. The van der Waals surface area contributed by atoms with E-state index in [0.717, 1.165) is 46.3 Å². The zero-order valence-corrected chi connectivity index (χ0v) is 21.9. The molecule has 6 nitrogen and oxygen atoms in total. The van der Waals surface area contributed by atoms with Gasteiger partial charge in [0.05, 0.1) is 11.5 Å². The normalized spacial score (nSPS) is 17.3. The van der Waals surface area contributed by atoms with Gasteiger partial charge < -0.3 is 5.32 Å². The van der Waals surface area contributed by atoms with E-state index >= 15 is 0 Å². The molecule has 192 valence electrons. The van der Waals surface area contributed by atoms with Gasteiger partial charge in [0.15, 0.2) is 15.6 Å². The average Bonchev–Trinajstić information content (AvgIpc) is 3.73. The van der Waals surface area contributed by atoms with Gasteiger partial charge in [0.1, 0.15) is 0 Å². The third kappa shape index (κ3) is 6.53. The van der Waals surface area contributed by atoms with Gasteiger partial charge in [0, 0.05) is 43.2 Å². The molecule has 0 radical (unpaired) electrons. The molecule has 0 unspecified atom stereocenters. The van der Waals surface area contributed by atoms with Crippen LogP contribution in [-0.2, 0) is 27.6 Å². The summed E-state index contributed by atoms with van der Waals surface area (Å²) in [6.07, 6.45) is 2.27. The van der Waals surface area contributed by atoms with Gasteiger partial charge in [-0.1, -0.05) is 54.6 Å². The van der Waals surface area contributed by atoms with Crippen LogP contribution in [0, 0.1) is 12.8 Å². The van der Waals surface area contributed by atoms with Crippen molar-refractivity contribution in [2.45, 2.75) is 32.7 Å². The number of nitrogens with one attached hydrogen (secondary N) is 1. The van der Waals surface area contributed by atoms with E-state index in [0.29, 0.717) is 31.6 Å². The number of aryl methyl sites for hydroxylation is 1. The average molecular weight is 517 g/mol. The molecule has 0 bridgehead atoms. The zero-order valence-electron chi connectivity index (χ0n) is 21.1. The van der Waals surface area contributed by atoms with Crippen LogP contribution in [0.2, 0.25) is 0 Å². The minimum absolute atomic E-state index is 0.0596. The molecule has 2 fully saturated rings. The highest BCUT2D eigenvalue weighted by molar-refractivity contribution is 7.91. The minimum Gasteiger partial charge on any atom is -0.326 e. The first-order valence-corrected chi connectivity index (χ1v) is 14.6. The van der Waals surface area contributed by atoms with Crippen molar-refractivity contribution >= 4 is 27.2 Å². The second kappa shape index (κ2) is 10.6. The molecule has 2 aliphatic rings. The Morgan fingerprint density at radius 3 is 2.19 bits per heavy atom. The number of carbonyl (C=O) groups excluding carboxylic acids is 2. The molecule has 0 aromatic heterocycles. The van der Waals surface area contributed by atoms with Gasteiger partial charge in [-0.15, -0.1) is 0 Å². The fourth-order valence-corrected chi connectivity index (χ4v) is 5.93. The van der Waals surface area contributed by atoms with Crippen LogP contribution in [-0.4, -0.2) is 49.6 Å². The number of anilines is 1. The summed E-state index contributed by atoms with van der Waals surface area (Å²) in [5.41, 5.74) is 6.74. The first-order valence-electron chi connectivity index (χ1n) is 12.8. The Hall–Kier alpha value is -3.29. The number of amides is 1. The van der Waals surface area contributed by atoms with Gasteiger partial charge in [-0.05, 0) is 59.7 Å². The van der Waals surface area contributed by atoms with Gasteiger partial charge in [-0.2, -0.15) is 0 Å². The maximum absolute atomic E-state index is 12.9. The molecule has 3 aromatic carbocycles. The van der Waals surface area contributed by atoms with Crippen LogP contribution in [0.5, 0.6) is 0 Å². The largest absolute Gasteiger partial charge is 0.326 e. The lowest BCUT2D eigenvalue weighted by Crippen LogP contribution is -2.39. The predicted molar refractivity (Wildman–Crippen MR) is 146 cm³/mol. The number of hydrogen-bond donors (Lipinski definition) is 1. The fraction of sp³-hybridized carbons (Fsp3) is 0.333. The van der Waals surface area contributed by atoms with Gasteiger partial charge in [-0.3, -0.25) is 14.5 Å². The van der Waals surface area contributed by atoms with Crippen molar-refractivity contribution in [1.82, 2.24) is 4.90 Å². The first-order chi connectivity index (χ1) is 17.8. The Kier molecular flexibility index (Phi) is 7.26. The fourth-order valence-electron chi connectivity index (χ4n) is 4.65. The lowest BCUT2D eigenvalue weighted by atomic mass is 9.96. The molecule has 0 spiro atoms. The molecule has 0 atom stereocenters. The molecule has 3 aromatic rings. The molecule has 1 saturated heterocycles. The van der Waals surface area contributed by atoms with E-state index in [9.17, 15) is 18.0 Å². The molecule has 1 heterocycles. The van der Waals surface area contributed by atoms with Crippen LogP contribution >= 0.6 is 0 Å². The Labute approximate surface area is 218 Å². The SMILES string of the molecule is Cc1ccc(NC(=O)C2CC2)cc1-c1ccc(CC(=O)c2ccc(CN3CCS(=O)(=O)CC3)cc2)cc1. The molecule has 1 N–H and O–H groups in total. The van der Waals surface area contributed by atoms with Crippen LogP contribution in [0.1, 0.15) is 39.9 Å². The number of benzene rings is 3. The summed E-state index contributed by atoms with van der Waals surface area (Å²) in [5.74, 6) is 0.742. The summed E-state index contributed by atoms with van der Waals surface area (Å²) in [4.78, 5) is 27.2. The summed E-state index contributed by atoms with van der Waals surface area (Å²) < 4.78 is 23.2. The second-order valence-electron chi connectivity index (χ2n) is 10.2. The summed E-state index contributed by atoms with van der Waals surface area (Å²) in [6.45, 7) is 3.85. The molecule has 1 amide bonds. The van der Waals surface area contributed by atoms with Crippen molar-refractivity contribution in [3.63, 3.8) is 0 Å². The van der Waals surface area contributed by atoms with E-state index in [1.54, 1.807) is 0 Å². The van der Waals surface area contributed by atoms with E-state index in [2.05, 4.69) is 17.1 Å². The monoisotopic (exact) mass is 516 g/mol. The zero-order chi connectivity index (χ0) is 26.0. The quantitative estimate of drug-likeness (QED) is 0.440. The molecule has 1 aliphatic heterocycles. The third-order valence-corrected chi connectivity index (χ3v) is 8.81. The Bertz CT molecular complexity index is 1390. The first kappa shape index (κ1) is 25.4. The number of nitrogens with zero attached hydrogens (tertiary/aromatic N) is 1. The van der Waals surface area contributed by atoms with E-state index in [1.165, 1.54) is 0 Å². The number of carbonyl (C=O) groups is 2. The van der Waals surface area contributed by atoms with E-state index in [-0.39, 0.29) is 29.1 Å². The van der Waals surface area contributed by atoms with E-state index < -0.39 is 9.84 Å². The highest BCUT2D eigenvalue weighted by Crippen LogP contribution is 2.32. The lowest BCUT2D eigenvalue weighted by Gasteiger charge is -2.26. The van der Waals surface area contributed by atoms with Crippen molar-refractivity contribution in [3.05, 3.63) is 89.0 Å². The van der Waals surface area contributed by atoms with Crippen LogP contribution in [0.25, 0.3) is 11.1 Å². The Morgan fingerprint density at radius 1 is 0.892 bits per heavy atom. The summed E-state index contributed by atoms with van der Waals surface area (Å²) in [6, 6.07) is 21.6. The highest BCUT2D eigenvalue weighted by Gasteiger charge is 2.29. The van der Waals surface area contributed by atoms with Gasteiger partial charge in [0.2, 0.25) is 5.91 Å². The van der Waals surface area contributed by atoms with Crippen molar-refractivity contribution < 1.29 is 18.0 Å². The van der Waals surface area contributed by atoms with Crippen molar-refractivity contribution in [2.75, 3.05) is 29.9 Å². The van der Waals surface area contributed by atoms with E-state index in [4.69, 9.17) is 0 Å². The number of rotatable bonds is 8. The smallest absolute Gasteiger partial charge is 0.227 e. The number of Topliss-reactive ketones (excluding diaryl/α,β-unsaturated/α-hetero) is 1. The van der Waals surface area contributed by atoms with Gasteiger partial charge >= 0.3 is 0 Å². The second-order valence-corrected chi connectivity index (χ2v) is 12.5. The maximum Gasteiger partial charge on any atom is 0.227 e. The predicted octanol–water partition coefficient (Wildman–Crippen LogP) is 4.67. The standard InChI is InChI=1S/C30H32N2O4S/c1-21-2-13-27(31-30(34)26-11-12-26)19-28(21)24-7-3-22(4-8-24)18-29(33)25-9-5-23(6-10-25)20-32-14-16-37(35,36)17-15-32/h2-10,13,19,26H,11-12,14-18,20H2,1H3,(H,31,34). The molecular formula is C30H32N2O4S. The number of sulfone groups is 1. The third-order valence-electron chi connectivity index (χ3n) is 7.20. The molecule has 1 aliphatic carbocycles. The minimum atomic E-state index is -2.89. The Morgan fingerprint density at radius 2 is 1.54 bits per heavy atom. The van der Waals surface area contributed by atoms with Gasteiger partial charge in [-0.25, -0.2) is 8.42 Å². The summed E-state index contributed by atoms with van der Waals surface area (Å²) in [5, 5.41) is 3.02. The molecule has 1 saturated carbocycles. The molecule has 37 heavy (non-hydrogen) atoms. The van der Waals surface area contributed by atoms with Crippen LogP contribution in [0.3, 0.4) is 0 Å². The number of ketones is 1. The van der Waals surface area contributed by atoms with Crippen LogP contribution < -0.4 is 5.32 Å². The summed E-state index contributed by atoms with van der Waals surface area (Å²) in [7, 11) is -2.89. The van der Waals surface area contributed by atoms with E-state index in [1.807, 2.05) is 66.7 Å². The van der Waals surface area contributed by atoms with Crippen molar-refractivity contribution in [3.8, 4) is 11.1 Å². The van der Waals surface area contributed by atoms with Crippen molar-refractivity contribution in [2.24, 2.45) is 5.92 Å². The molecule has 7 heteroatoms. The summed E-state index contributed by atoms with van der Waals surface area (Å²) >= 11 is 0. The topological polar surface area (TPSA) is 83.6 Å². The molecular weight excluding hydrogens is 484 g/mol. The van der Waals surface area contributed by atoms with Crippen molar-refractivity contribution in [1.29, 1.82) is 0 Å². The van der Waals surface area contributed by atoms with Crippen LogP contribution in [0.15, 0.2) is 66.7 Å². The lowest BCUT2D eigenvalue weighted by molar-refractivity contribution is -0.117. The molecule has 5 rings (SSSR count). The maximum atomic E-state index is 12.9. The highest BCUT2D eigenvalue weighted by atomic mass is 32.2. The number of hydrogen-bond acceptors (Lipinski definition) is 5. The van der Waals surface area contributed by atoms with Crippen LogP contribution in [0.4, 0.5) is 5.69 Å². The van der Waals surface area contributed by atoms with Gasteiger partial charge in [0.25, 0.3) is 0 Å².